The van der Waals surface area contributed by atoms with Crippen LogP contribution in [0.4, 0.5) is 0 Å². The maximum Gasteiger partial charge on any atom is 0.140 e. The van der Waals surface area contributed by atoms with Crippen molar-refractivity contribution in [3.8, 4) is 0 Å². The molecule has 1 heterocycles. The van der Waals surface area contributed by atoms with Crippen LogP contribution < -0.4 is 5.32 Å². The molecule has 1 N–H and O–H groups in total. The van der Waals surface area contributed by atoms with Crippen LogP contribution in [0.15, 0.2) is 12.2 Å². The first-order valence-electron chi connectivity index (χ1n) is 5.52. The van der Waals surface area contributed by atoms with Gasteiger partial charge < -0.3 is 5.32 Å². The minimum atomic E-state index is 0.362. The van der Waals surface area contributed by atoms with Gasteiger partial charge >= 0.3 is 0 Å². The molecule has 1 spiro atoms. The second-order valence-corrected chi connectivity index (χ2v) is 4.97. The highest BCUT2D eigenvalue weighted by molar-refractivity contribution is 5.86. The maximum atomic E-state index is 11.8. The summed E-state index contributed by atoms with van der Waals surface area (Å²) in [6, 6.07) is 0. The molecule has 78 valence electrons. The number of rotatable bonds is 3. The lowest BCUT2D eigenvalue weighted by Crippen LogP contribution is -2.30. The van der Waals surface area contributed by atoms with Crippen molar-refractivity contribution in [1.82, 2.24) is 5.32 Å². The van der Waals surface area contributed by atoms with Gasteiger partial charge in [0.05, 0.1) is 0 Å². The van der Waals surface area contributed by atoms with E-state index in [9.17, 15) is 4.79 Å². The van der Waals surface area contributed by atoms with Crippen LogP contribution in [0.3, 0.4) is 0 Å². The molecular formula is C12H19NO. The fraction of sp³-hybridized carbons (Fsp3) is 0.750. The Kier molecular flexibility index (Phi) is 2.48. The van der Waals surface area contributed by atoms with E-state index < -0.39 is 0 Å². The summed E-state index contributed by atoms with van der Waals surface area (Å²) in [5.41, 5.74) is 1.41. The van der Waals surface area contributed by atoms with E-state index in [1.54, 1.807) is 0 Å². The molecule has 1 saturated heterocycles. The van der Waals surface area contributed by atoms with Crippen LogP contribution in [0.2, 0.25) is 0 Å². The van der Waals surface area contributed by atoms with Crippen molar-refractivity contribution in [1.29, 1.82) is 0 Å². The standard InChI is InChI=1S/C12H19NO/c1-9(2)7-11(14)10-8-12(10)3-5-13-6-4-12/h10,13H,1,3-8H2,2H3. The van der Waals surface area contributed by atoms with Gasteiger partial charge in [-0.1, -0.05) is 12.2 Å². The largest absolute Gasteiger partial charge is 0.317 e. The summed E-state index contributed by atoms with van der Waals surface area (Å²) >= 11 is 0. The van der Waals surface area contributed by atoms with Gasteiger partial charge in [-0.3, -0.25) is 4.79 Å². The molecule has 2 nitrogen and oxygen atoms in total. The van der Waals surface area contributed by atoms with Gasteiger partial charge in [-0.05, 0) is 44.7 Å². The number of carbonyl (C=O) groups is 1. The van der Waals surface area contributed by atoms with E-state index in [0.717, 1.165) is 25.1 Å². The van der Waals surface area contributed by atoms with Gasteiger partial charge in [-0.25, -0.2) is 0 Å². The Morgan fingerprint density at radius 1 is 1.50 bits per heavy atom. The normalized spacial score (nSPS) is 28.8. The molecule has 14 heavy (non-hydrogen) atoms. The third-order valence-electron chi connectivity index (χ3n) is 3.65. The van der Waals surface area contributed by atoms with Crippen LogP contribution in [0.25, 0.3) is 0 Å². The highest BCUT2D eigenvalue weighted by Gasteiger charge is 2.56. The zero-order chi connectivity index (χ0) is 10.2. The van der Waals surface area contributed by atoms with Gasteiger partial charge in [0.2, 0.25) is 0 Å². The Balaban J connectivity index is 1.90. The van der Waals surface area contributed by atoms with Crippen molar-refractivity contribution < 1.29 is 4.79 Å². The Labute approximate surface area is 85.8 Å². The predicted molar refractivity (Wildman–Crippen MR) is 57.1 cm³/mol. The molecule has 0 aromatic heterocycles. The topological polar surface area (TPSA) is 29.1 Å². The van der Waals surface area contributed by atoms with E-state index in [1.165, 1.54) is 12.8 Å². The van der Waals surface area contributed by atoms with Crippen molar-refractivity contribution in [2.75, 3.05) is 13.1 Å². The van der Waals surface area contributed by atoms with Crippen LogP contribution in [0.1, 0.15) is 32.6 Å². The molecule has 1 aliphatic carbocycles. The molecule has 0 amide bonds. The zero-order valence-corrected chi connectivity index (χ0v) is 8.94. The number of nitrogens with one attached hydrogen (secondary N) is 1. The fourth-order valence-corrected chi connectivity index (χ4v) is 2.70. The van der Waals surface area contributed by atoms with Gasteiger partial charge in [0.15, 0.2) is 0 Å². The van der Waals surface area contributed by atoms with Crippen molar-refractivity contribution in [3.63, 3.8) is 0 Å². The van der Waals surface area contributed by atoms with Crippen molar-refractivity contribution in [3.05, 3.63) is 12.2 Å². The molecule has 1 unspecified atom stereocenters. The number of hydrogen-bond acceptors (Lipinski definition) is 2. The van der Waals surface area contributed by atoms with Gasteiger partial charge in [0.1, 0.15) is 5.78 Å². The van der Waals surface area contributed by atoms with Crippen molar-refractivity contribution in [2.24, 2.45) is 11.3 Å². The third kappa shape index (κ3) is 1.76. The highest BCUT2D eigenvalue weighted by Crippen LogP contribution is 2.59. The predicted octanol–water partition coefficient (Wildman–Crippen LogP) is 1.91. The first-order valence-corrected chi connectivity index (χ1v) is 5.52. The summed E-state index contributed by atoms with van der Waals surface area (Å²) in [6.45, 7) is 7.93. The molecule has 0 bridgehead atoms. The molecule has 0 aromatic carbocycles. The summed E-state index contributed by atoms with van der Waals surface area (Å²) < 4.78 is 0. The van der Waals surface area contributed by atoms with Gasteiger partial charge in [-0.15, -0.1) is 0 Å². The summed E-state index contributed by atoms with van der Waals surface area (Å²) in [4.78, 5) is 11.8. The van der Waals surface area contributed by atoms with Crippen LogP contribution in [-0.2, 0) is 4.79 Å². The van der Waals surface area contributed by atoms with E-state index in [4.69, 9.17) is 0 Å². The molecule has 0 aromatic rings. The quantitative estimate of drug-likeness (QED) is 0.694. The highest BCUT2D eigenvalue weighted by atomic mass is 16.1. The van der Waals surface area contributed by atoms with E-state index >= 15 is 0 Å². The average molecular weight is 193 g/mol. The Morgan fingerprint density at radius 3 is 2.71 bits per heavy atom. The molecule has 1 atom stereocenters. The molecule has 1 saturated carbocycles. The van der Waals surface area contributed by atoms with Gasteiger partial charge in [0, 0.05) is 12.3 Å². The monoisotopic (exact) mass is 193 g/mol. The summed E-state index contributed by atoms with van der Waals surface area (Å²) in [5.74, 6) is 0.792. The molecular weight excluding hydrogens is 174 g/mol. The number of Topliss-reactive ketones (excluding diaryl/α,β-unsaturated/α-hetero) is 1. The molecule has 2 aliphatic rings. The third-order valence-corrected chi connectivity index (χ3v) is 3.65. The molecule has 2 rings (SSSR count). The second kappa shape index (κ2) is 3.50. The number of hydrogen-bond donors (Lipinski definition) is 1. The molecule has 2 heteroatoms. The smallest absolute Gasteiger partial charge is 0.140 e. The summed E-state index contributed by atoms with van der Waals surface area (Å²) in [7, 11) is 0. The van der Waals surface area contributed by atoms with Crippen LogP contribution in [-0.4, -0.2) is 18.9 Å². The lowest BCUT2D eigenvalue weighted by molar-refractivity contribution is -0.120. The summed E-state index contributed by atoms with van der Waals surface area (Å²) in [6.07, 6.45) is 4.12. The fourth-order valence-electron chi connectivity index (χ4n) is 2.70. The minimum absolute atomic E-state index is 0.362. The number of ketones is 1. The lowest BCUT2D eigenvalue weighted by Gasteiger charge is -2.23. The maximum absolute atomic E-state index is 11.8. The van der Waals surface area contributed by atoms with Crippen molar-refractivity contribution >= 4 is 5.78 Å². The first kappa shape index (κ1) is 9.91. The van der Waals surface area contributed by atoms with Crippen LogP contribution in [0.5, 0.6) is 0 Å². The average Bonchev–Trinajstić information content (AvgIpc) is 2.80. The van der Waals surface area contributed by atoms with Gasteiger partial charge in [-0.2, -0.15) is 0 Å². The Bertz CT molecular complexity index is 263. The minimum Gasteiger partial charge on any atom is -0.317 e. The SMILES string of the molecule is C=C(C)CC(=O)C1CC12CCNCC2. The van der Waals surface area contributed by atoms with Crippen LogP contribution in [0, 0.1) is 11.3 Å². The number of allylic oxidation sites excluding steroid dienone is 1. The second-order valence-electron chi connectivity index (χ2n) is 4.97. The Hall–Kier alpha value is -0.630. The van der Waals surface area contributed by atoms with E-state index in [-0.39, 0.29) is 0 Å². The van der Waals surface area contributed by atoms with E-state index in [0.29, 0.717) is 23.5 Å². The Morgan fingerprint density at radius 2 is 2.14 bits per heavy atom. The number of carbonyl (C=O) groups excluding carboxylic acids is 1. The van der Waals surface area contributed by atoms with Crippen LogP contribution >= 0.6 is 0 Å². The summed E-state index contributed by atoms with van der Waals surface area (Å²) in [5, 5.41) is 3.35. The molecule has 0 radical (unpaired) electrons. The molecule has 1 aliphatic heterocycles. The first-order chi connectivity index (χ1) is 6.64. The lowest BCUT2D eigenvalue weighted by atomic mass is 9.90. The number of piperidine rings is 1. The van der Waals surface area contributed by atoms with Crippen molar-refractivity contribution in [2.45, 2.75) is 32.6 Å². The zero-order valence-electron chi connectivity index (χ0n) is 8.94. The molecule has 2 fully saturated rings. The van der Waals surface area contributed by atoms with E-state index in [2.05, 4.69) is 11.9 Å². The van der Waals surface area contributed by atoms with Gasteiger partial charge in [0.25, 0.3) is 0 Å². The van der Waals surface area contributed by atoms with E-state index in [1.807, 2.05) is 6.92 Å².